The fourth-order valence-electron chi connectivity index (χ4n) is 0.334. The van der Waals surface area contributed by atoms with Crippen molar-refractivity contribution in [2.24, 2.45) is 0 Å². The second-order valence-corrected chi connectivity index (χ2v) is 4.09. The van der Waals surface area contributed by atoms with E-state index in [4.69, 9.17) is 9.84 Å². The first kappa shape index (κ1) is 10.6. The van der Waals surface area contributed by atoms with Crippen molar-refractivity contribution in [1.29, 1.82) is 0 Å². The Balaban J connectivity index is 2.89. The van der Waals surface area contributed by atoms with Crippen molar-refractivity contribution >= 4 is 21.6 Å². The van der Waals surface area contributed by atoms with Gasteiger partial charge in [-0.25, -0.2) is 0 Å². The van der Waals surface area contributed by atoms with Crippen LogP contribution in [0.1, 0.15) is 0 Å². The summed E-state index contributed by atoms with van der Waals surface area (Å²) in [4.78, 5) is 0. The van der Waals surface area contributed by atoms with Crippen molar-refractivity contribution in [3.05, 3.63) is 0 Å². The summed E-state index contributed by atoms with van der Waals surface area (Å²) in [5.41, 5.74) is 0. The molecule has 3 nitrogen and oxygen atoms in total. The summed E-state index contributed by atoms with van der Waals surface area (Å²) in [6, 6.07) is 0. The summed E-state index contributed by atoms with van der Waals surface area (Å²) in [5, 5.41) is 8.70. The molecule has 0 rings (SSSR count). The molecule has 1 N–H and O–H groups in total. The van der Waals surface area contributed by atoms with Crippen molar-refractivity contribution in [2.75, 3.05) is 25.7 Å². The third kappa shape index (κ3) is 6.70. The number of hydrogen-bond donors (Lipinski definition) is 1. The average Bonchev–Trinajstić information content (AvgIpc) is 1.98. The largest absolute Gasteiger partial charge is 0.346 e. The zero-order valence-corrected chi connectivity index (χ0v) is 7.70. The standard InChI is InChI=1S/C5H12O3S2/c1-7-5(6)8-3-4-10-9-2/h5-6H,3-4H2,1-2H3. The smallest absolute Gasteiger partial charge is 0.268 e. The molecule has 0 aromatic heterocycles. The normalized spacial score (nSPS) is 13.5. The van der Waals surface area contributed by atoms with Crippen LogP contribution in [0.15, 0.2) is 0 Å². The molecular weight excluding hydrogens is 172 g/mol. The molecule has 0 spiro atoms. The Morgan fingerprint density at radius 1 is 1.60 bits per heavy atom. The number of aliphatic hydroxyl groups is 1. The van der Waals surface area contributed by atoms with Crippen LogP contribution >= 0.6 is 21.6 Å². The molecule has 0 saturated carbocycles. The van der Waals surface area contributed by atoms with Crippen molar-refractivity contribution in [3.8, 4) is 0 Å². The Morgan fingerprint density at radius 2 is 2.30 bits per heavy atom. The van der Waals surface area contributed by atoms with Crippen LogP contribution in [-0.2, 0) is 9.47 Å². The molecule has 0 saturated heterocycles. The maximum atomic E-state index is 8.70. The van der Waals surface area contributed by atoms with E-state index in [-0.39, 0.29) is 0 Å². The third-order valence-electron chi connectivity index (χ3n) is 0.747. The fourth-order valence-corrected chi connectivity index (χ4v) is 1.37. The predicted octanol–water partition coefficient (Wildman–Crippen LogP) is 0.936. The summed E-state index contributed by atoms with van der Waals surface area (Å²) in [6.45, 7) is -0.553. The Kier molecular flexibility index (Phi) is 8.13. The van der Waals surface area contributed by atoms with E-state index >= 15 is 0 Å². The number of aliphatic hydroxyl groups excluding tert-OH is 1. The molecule has 1 atom stereocenters. The summed E-state index contributed by atoms with van der Waals surface area (Å²) >= 11 is 0. The average molecular weight is 184 g/mol. The van der Waals surface area contributed by atoms with Gasteiger partial charge in [0.25, 0.3) is 6.48 Å². The lowest BCUT2D eigenvalue weighted by atomic mass is 10.8. The van der Waals surface area contributed by atoms with Crippen LogP contribution in [0.3, 0.4) is 0 Å². The SMILES string of the molecule is COC(O)OCCSSC. The van der Waals surface area contributed by atoms with Gasteiger partial charge in [-0.1, -0.05) is 21.6 Å². The molecule has 0 amide bonds. The highest BCUT2D eigenvalue weighted by molar-refractivity contribution is 8.76. The van der Waals surface area contributed by atoms with Crippen LogP contribution in [0.2, 0.25) is 0 Å². The molecule has 62 valence electrons. The second kappa shape index (κ2) is 7.68. The first-order chi connectivity index (χ1) is 4.81. The highest BCUT2D eigenvalue weighted by atomic mass is 33.1. The van der Waals surface area contributed by atoms with Gasteiger partial charge in [0, 0.05) is 12.9 Å². The Hall–Kier alpha value is 0.580. The molecule has 0 fully saturated rings. The molecule has 0 heterocycles. The zero-order chi connectivity index (χ0) is 7.82. The van der Waals surface area contributed by atoms with Crippen LogP contribution < -0.4 is 0 Å². The second-order valence-electron chi connectivity index (χ2n) is 1.40. The van der Waals surface area contributed by atoms with Crippen molar-refractivity contribution in [1.82, 2.24) is 0 Å². The summed E-state index contributed by atoms with van der Waals surface area (Å²) in [7, 11) is 4.76. The van der Waals surface area contributed by atoms with E-state index in [1.54, 1.807) is 21.6 Å². The molecule has 0 aromatic carbocycles. The zero-order valence-electron chi connectivity index (χ0n) is 6.07. The molecule has 0 radical (unpaired) electrons. The lowest BCUT2D eigenvalue weighted by Crippen LogP contribution is -2.15. The lowest BCUT2D eigenvalue weighted by Gasteiger charge is -2.07. The Bertz CT molecular complexity index is 71.9. The molecule has 0 aliphatic heterocycles. The van der Waals surface area contributed by atoms with Crippen molar-refractivity contribution < 1.29 is 14.6 Å². The number of rotatable bonds is 6. The summed E-state index contributed by atoms with van der Waals surface area (Å²) < 4.78 is 9.24. The molecule has 0 bridgehead atoms. The van der Waals surface area contributed by atoms with Crippen LogP contribution in [0.4, 0.5) is 0 Å². The molecule has 0 aromatic rings. The molecule has 5 heteroatoms. The molecule has 0 aliphatic rings. The van der Waals surface area contributed by atoms with Gasteiger partial charge in [-0.3, -0.25) is 0 Å². The maximum absolute atomic E-state index is 8.70. The lowest BCUT2D eigenvalue weighted by molar-refractivity contribution is -0.247. The summed E-state index contributed by atoms with van der Waals surface area (Å²) in [6.07, 6.45) is 2.00. The van der Waals surface area contributed by atoms with Gasteiger partial charge in [0.1, 0.15) is 0 Å². The highest BCUT2D eigenvalue weighted by Gasteiger charge is 1.98. The highest BCUT2D eigenvalue weighted by Crippen LogP contribution is 2.15. The maximum Gasteiger partial charge on any atom is 0.268 e. The summed E-state index contributed by atoms with van der Waals surface area (Å²) in [5.74, 6) is 0.863. The van der Waals surface area contributed by atoms with Gasteiger partial charge in [-0.05, 0) is 6.26 Å². The van der Waals surface area contributed by atoms with E-state index in [0.29, 0.717) is 6.61 Å². The topological polar surface area (TPSA) is 38.7 Å². The van der Waals surface area contributed by atoms with E-state index in [0.717, 1.165) is 5.75 Å². The molecular formula is C5H12O3S2. The minimum absolute atomic E-state index is 0.514. The van der Waals surface area contributed by atoms with Gasteiger partial charge in [-0.2, -0.15) is 0 Å². The quantitative estimate of drug-likeness (QED) is 0.378. The first-order valence-corrected chi connectivity index (χ1v) is 5.52. The van der Waals surface area contributed by atoms with E-state index in [1.807, 2.05) is 6.26 Å². The monoisotopic (exact) mass is 184 g/mol. The van der Waals surface area contributed by atoms with Gasteiger partial charge >= 0.3 is 0 Å². The van der Waals surface area contributed by atoms with Crippen LogP contribution in [0, 0.1) is 0 Å². The predicted molar refractivity (Wildman–Crippen MR) is 44.9 cm³/mol. The first-order valence-electron chi connectivity index (χ1n) is 2.79. The van der Waals surface area contributed by atoms with Gasteiger partial charge in [0.2, 0.25) is 0 Å². The van der Waals surface area contributed by atoms with Crippen LogP contribution in [0.25, 0.3) is 0 Å². The third-order valence-corrected chi connectivity index (χ3v) is 2.52. The van der Waals surface area contributed by atoms with Crippen molar-refractivity contribution in [3.63, 3.8) is 0 Å². The minimum Gasteiger partial charge on any atom is -0.346 e. The number of hydrogen-bond acceptors (Lipinski definition) is 5. The number of methoxy groups -OCH3 is 1. The molecule has 0 aliphatic carbocycles. The van der Waals surface area contributed by atoms with Gasteiger partial charge in [0.15, 0.2) is 0 Å². The Labute approximate surface area is 68.9 Å². The van der Waals surface area contributed by atoms with Crippen molar-refractivity contribution in [2.45, 2.75) is 6.48 Å². The van der Waals surface area contributed by atoms with Crippen LogP contribution in [-0.4, -0.2) is 37.3 Å². The van der Waals surface area contributed by atoms with Crippen LogP contribution in [0.5, 0.6) is 0 Å². The Morgan fingerprint density at radius 3 is 2.80 bits per heavy atom. The van der Waals surface area contributed by atoms with E-state index in [1.165, 1.54) is 7.11 Å². The number of ether oxygens (including phenoxy) is 2. The minimum atomic E-state index is -1.07. The van der Waals surface area contributed by atoms with E-state index in [2.05, 4.69) is 4.74 Å². The fraction of sp³-hybridized carbons (Fsp3) is 1.00. The van der Waals surface area contributed by atoms with Gasteiger partial charge in [0.05, 0.1) is 6.61 Å². The van der Waals surface area contributed by atoms with Gasteiger partial charge in [-0.15, -0.1) is 0 Å². The molecule has 10 heavy (non-hydrogen) atoms. The van der Waals surface area contributed by atoms with E-state index < -0.39 is 6.48 Å². The molecule has 1 unspecified atom stereocenters. The van der Waals surface area contributed by atoms with E-state index in [9.17, 15) is 0 Å². The van der Waals surface area contributed by atoms with Gasteiger partial charge < -0.3 is 14.6 Å².